The van der Waals surface area contributed by atoms with E-state index >= 15 is 0 Å². The van der Waals surface area contributed by atoms with Crippen LogP contribution < -0.4 is 10.2 Å². The average molecular weight is 434 g/mol. The molecule has 0 radical (unpaired) electrons. The zero-order chi connectivity index (χ0) is 22.4. The van der Waals surface area contributed by atoms with Gasteiger partial charge in [-0.15, -0.1) is 0 Å². The second-order valence-electron chi connectivity index (χ2n) is 7.41. The molecule has 31 heavy (non-hydrogen) atoms. The Kier molecular flexibility index (Phi) is 5.50. The summed E-state index contributed by atoms with van der Waals surface area (Å²) in [6.45, 7) is 1.17. The minimum Gasteiger partial charge on any atom is -0.508 e. The van der Waals surface area contributed by atoms with Crippen LogP contribution in [0.4, 0.5) is 0 Å². The highest BCUT2D eigenvalue weighted by Crippen LogP contribution is 2.33. The van der Waals surface area contributed by atoms with E-state index < -0.39 is 48.5 Å². The van der Waals surface area contributed by atoms with E-state index in [4.69, 9.17) is 18.6 Å². The minimum absolute atomic E-state index is 0.0146. The van der Waals surface area contributed by atoms with Crippen molar-refractivity contribution in [3.05, 3.63) is 40.1 Å². The highest BCUT2D eigenvalue weighted by molar-refractivity contribution is 5.95. The lowest BCUT2D eigenvalue weighted by molar-refractivity contribution is -0.281. The van der Waals surface area contributed by atoms with Crippen molar-refractivity contribution in [1.29, 1.82) is 0 Å². The van der Waals surface area contributed by atoms with Crippen molar-refractivity contribution in [3.8, 4) is 17.2 Å². The number of benzene rings is 2. The monoisotopic (exact) mass is 434 g/mol. The number of aryl methyl sites for hydroxylation is 1. The number of aromatic hydroxyl groups is 2. The third kappa shape index (κ3) is 3.58. The van der Waals surface area contributed by atoms with Crippen molar-refractivity contribution in [1.82, 2.24) is 0 Å². The first kappa shape index (κ1) is 21.3. The number of phenolic OH excluding ortho intramolecular Hbond substituents is 2. The Morgan fingerprint density at radius 2 is 1.74 bits per heavy atom. The summed E-state index contributed by atoms with van der Waals surface area (Å²) < 4.78 is 22.0. The molecule has 1 aromatic heterocycles. The lowest BCUT2D eigenvalue weighted by Gasteiger charge is -2.41. The molecule has 5 atom stereocenters. The topological polar surface area (TPSA) is 159 Å². The molecule has 1 unspecified atom stereocenters. The molecule has 0 bridgehead atoms. The van der Waals surface area contributed by atoms with E-state index in [2.05, 4.69) is 0 Å². The van der Waals surface area contributed by atoms with Crippen LogP contribution in [0.5, 0.6) is 17.2 Å². The van der Waals surface area contributed by atoms with Gasteiger partial charge in [0.25, 0.3) is 0 Å². The first-order chi connectivity index (χ1) is 14.7. The number of ether oxygens (including phenoxy) is 3. The molecule has 166 valence electrons. The van der Waals surface area contributed by atoms with Crippen LogP contribution in [0.15, 0.2) is 33.5 Å². The standard InChI is InChI=1S/C21H22O10/c1-8-3-10(29-21-19(27)18(26)20(28-2)14(7-22)31-21)6-13-15(8)17(25)16-11(24)4-9(23)5-12(16)30-13/h3-6,14,18-24,26-27H,7H2,1-2H3/t14?,18-,19+,20+,21-/m1/s1. The van der Waals surface area contributed by atoms with Gasteiger partial charge in [-0.3, -0.25) is 4.79 Å². The Morgan fingerprint density at radius 1 is 1.03 bits per heavy atom. The van der Waals surface area contributed by atoms with Crippen molar-refractivity contribution in [2.75, 3.05) is 13.7 Å². The molecule has 1 aliphatic rings. The van der Waals surface area contributed by atoms with Crippen molar-refractivity contribution in [2.24, 2.45) is 0 Å². The fourth-order valence-electron chi connectivity index (χ4n) is 3.88. The summed E-state index contributed by atoms with van der Waals surface area (Å²) >= 11 is 0. The van der Waals surface area contributed by atoms with E-state index in [-0.39, 0.29) is 33.4 Å². The van der Waals surface area contributed by atoms with Crippen molar-refractivity contribution in [2.45, 2.75) is 37.6 Å². The molecular weight excluding hydrogens is 412 g/mol. The van der Waals surface area contributed by atoms with Gasteiger partial charge in [0, 0.05) is 25.3 Å². The fourth-order valence-corrected chi connectivity index (χ4v) is 3.88. The summed E-state index contributed by atoms with van der Waals surface area (Å²) in [5.41, 5.74) is 0.0939. The van der Waals surface area contributed by atoms with Crippen LogP contribution in [0.2, 0.25) is 0 Å². The molecule has 1 fully saturated rings. The molecule has 2 aromatic carbocycles. The van der Waals surface area contributed by atoms with Gasteiger partial charge in [-0.2, -0.15) is 0 Å². The molecule has 2 heterocycles. The number of hydrogen-bond donors (Lipinski definition) is 5. The van der Waals surface area contributed by atoms with Gasteiger partial charge in [0.2, 0.25) is 11.7 Å². The largest absolute Gasteiger partial charge is 0.508 e. The SMILES string of the molecule is CO[C@H]1C(CO)O[C@@H](Oc2cc(C)c3c(=O)c4c(O)cc(O)cc4oc3c2)[C@@H](O)[C@H]1O. The van der Waals surface area contributed by atoms with E-state index in [1.165, 1.54) is 25.3 Å². The molecule has 10 heteroatoms. The molecule has 0 spiro atoms. The number of fused-ring (bicyclic) bond motifs is 2. The molecule has 4 rings (SSSR count). The Bertz CT molecular complexity index is 1180. The number of phenols is 2. The Balaban J connectivity index is 1.75. The van der Waals surface area contributed by atoms with Gasteiger partial charge in [0.05, 0.1) is 12.0 Å². The third-order valence-electron chi connectivity index (χ3n) is 5.36. The third-order valence-corrected chi connectivity index (χ3v) is 5.36. The Morgan fingerprint density at radius 3 is 2.42 bits per heavy atom. The number of aliphatic hydroxyl groups is 3. The second-order valence-corrected chi connectivity index (χ2v) is 7.41. The zero-order valence-electron chi connectivity index (χ0n) is 16.7. The van der Waals surface area contributed by atoms with Crippen molar-refractivity contribution in [3.63, 3.8) is 0 Å². The van der Waals surface area contributed by atoms with Crippen molar-refractivity contribution < 1.29 is 44.2 Å². The normalized spacial score (nSPS) is 26.4. The quantitative estimate of drug-likeness (QED) is 0.366. The summed E-state index contributed by atoms with van der Waals surface area (Å²) in [4.78, 5) is 12.9. The summed E-state index contributed by atoms with van der Waals surface area (Å²) in [6, 6.07) is 5.17. The fraction of sp³-hybridized carbons (Fsp3) is 0.381. The first-order valence-electron chi connectivity index (χ1n) is 9.50. The van der Waals surface area contributed by atoms with Crippen LogP contribution in [0.25, 0.3) is 21.9 Å². The van der Waals surface area contributed by atoms with Gasteiger partial charge in [0.15, 0.2) is 0 Å². The maximum atomic E-state index is 12.9. The molecule has 10 nitrogen and oxygen atoms in total. The van der Waals surface area contributed by atoms with E-state index in [1.807, 2.05) is 0 Å². The summed E-state index contributed by atoms with van der Waals surface area (Å²) in [5, 5.41) is 50.0. The maximum Gasteiger partial charge on any atom is 0.229 e. The smallest absolute Gasteiger partial charge is 0.229 e. The summed E-state index contributed by atoms with van der Waals surface area (Å²) in [7, 11) is 1.32. The number of aliphatic hydroxyl groups excluding tert-OH is 3. The molecule has 5 N–H and O–H groups in total. The van der Waals surface area contributed by atoms with E-state index in [0.717, 1.165) is 6.07 Å². The molecular formula is C21H22O10. The molecule has 1 saturated heterocycles. The minimum atomic E-state index is -1.47. The molecule has 0 aliphatic carbocycles. The highest BCUT2D eigenvalue weighted by atomic mass is 16.7. The predicted molar refractivity (Wildman–Crippen MR) is 107 cm³/mol. The van der Waals surface area contributed by atoms with Crippen LogP contribution >= 0.6 is 0 Å². The van der Waals surface area contributed by atoms with Gasteiger partial charge in [-0.05, 0) is 18.6 Å². The van der Waals surface area contributed by atoms with Crippen LogP contribution in [-0.2, 0) is 9.47 Å². The van der Waals surface area contributed by atoms with Crippen molar-refractivity contribution >= 4 is 21.9 Å². The lowest BCUT2D eigenvalue weighted by Crippen LogP contribution is -2.60. The van der Waals surface area contributed by atoms with Crippen LogP contribution in [0.1, 0.15) is 5.56 Å². The van der Waals surface area contributed by atoms with Gasteiger partial charge < -0.3 is 44.2 Å². The number of methoxy groups -OCH3 is 1. The summed E-state index contributed by atoms with van der Waals surface area (Å²) in [6.07, 6.45) is -6.03. The van der Waals surface area contributed by atoms with E-state index in [9.17, 15) is 30.3 Å². The number of hydrogen-bond acceptors (Lipinski definition) is 10. The van der Waals surface area contributed by atoms with Crippen LogP contribution in [0.3, 0.4) is 0 Å². The van der Waals surface area contributed by atoms with Crippen LogP contribution in [-0.4, -0.2) is 70.0 Å². The molecule has 1 aliphatic heterocycles. The Labute approximate surface area is 175 Å². The average Bonchev–Trinajstić information content (AvgIpc) is 2.70. The molecule has 3 aromatic rings. The highest BCUT2D eigenvalue weighted by Gasteiger charge is 2.45. The van der Waals surface area contributed by atoms with Gasteiger partial charge in [0.1, 0.15) is 58.2 Å². The maximum absolute atomic E-state index is 12.9. The van der Waals surface area contributed by atoms with Gasteiger partial charge in [-0.1, -0.05) is 0 Å². The Hall–Kier alpha value is -2.89. The van der Waals surface area contributed by atoms with Crippen LogP contribution in [0, 0.1) is 6.92 Å². The second kappa shape index (κ2) is 7.98. The summed E-state index contributed by atoms with van der Waals surface area (Å²) in [5.74, 6) is -0.506. The molecule has 0 saturated carbocycles. The van der Waals surface area contributed by atoms with E-state index in [0.29, 0.717) is 5.56 Å². The zero-order valence-corrected chi connectivity index (χ0v) is 16.7. The molecule has 0 amide bonds. The number of rotatable bonds is 4. The van der Waals surface area contributed by atoms with Gasteiger partial charge >= 0.3 is 0 Å². The van der Waals surface area contributed by atoms with Gasteiger partial charge in [-0.25, -0.2) is 0 Å². The first-order valence-corrected chi connectivity index (χ1v) is 9.50. The lowest BCUT2D eigenvalue weighted by atomic mass is 9.99. The van der Waals surface area contributed by atoms with E-state index in [1.54, 1.807) is 6.92 Å². The predicted octanol–water partition coefficient (Wildman–Crippen LogP) is 0.499.